The summed E-state index contributed by atoms with van der Waals surface area (Å²) >= 11 is 7.41. The number of carbonyl (C=O) groups is 1. The Hall–Kier alpha value is -2.44. The van der Waals surface area contributed by atoms with E-state index in [1.807, 2.05) is 36.4 Å². The molecule has 0 aliphatic rings. The van der Waals surface area contributed by atoms with E-state index < -0.39 is 6.04 Å². The van der Waals surface area contributed by atoms with Crippen molar-refractivity contribution in [1.29, 1.82) is 0 Å². The lowest BCUT2D eigenvalue weighted by Gasteiger charge is -2.10. The third-order valence-electron chi connectivity index (χ3n) is 3.26. The molecule has 1 heterocycles. The molecule has 0 unspecified atom stereocenters. The molecule has 5 nitrogen and oxygen atoms in total. The summed E-state index contributed by atoms with van der Waals surface area (Å²) in [4.78, 5) is 16.5. The fourth-order valence-corrected chi connectivity index (χ4v) is 3.19. The fraction of sp³-hybridized carbons (Fsp3) is 0.118. The van der Waals surface area contributed by atoms with Crippen LogP contribution in [0.5, 0.6) is 0 Å². The van der Waals surface area contributed by atoms with Gasteiger partial charge in [0.25, 0.3) is 5.91 Å². The zero-order chi connectivity index (χ0) is 16.9. The van der Waals surface area contributed by atoms with Gasteiger partial charge in [0, 0.05) is 5.02 Å². The molecule has 1 amide bonds. The van der Waals surface area contributed by atoms with Crippen molar-refractivity contribution in [2.75, 3.05) is 5.32 Å². The molecule has 0 saturated carbocycles. The Bertz CT molecular complexity index is 860. The number of nitrogens with one attached hydrogen (secondary N) is 2. The van der Waals surface area contributed by atoms with Crippen molar-refractivity contribution >= 4 is 50.4 Å². The van der Waals surface area contributed by atoms with Crippen LogP contribution in [0.3, 0.4) is 0 Å². The highest BCUT2D eigenvalue weighted by Crippen LogP contribution is 2.25. The molecule has 1 aromatic heterocycles. The molecule has 0 aliphatic heterocycles. The third-order valence-corrected chi connectivity index (χ3v) is 4.47. The molecular formula is C17H15ClN4OS. The quantitative estimate of drug-likeness (QED) is 0.537. The summed E-state index contributed by atoms with van der Waals surface area (Å²) in [5.74, 6) is -0.243. The van der Waals surface area contributed by atoms with Crippen molar-refractivity contribution < 1.29 is 4.79 Å². The molecule has 2 N–H and O–H groups in total. The maximum absolute atomic E-state index is 12.1. The normalized spacial score (nSPS) is 12.4. The van der Waals surface area contributed by atoms with Gasteiger partial charge in [-0.15, -0.1) is 0 Å². The monoisotopic (exact) mass is 358 g/mol. The molecule has 7 heteroatoms. The highest BCUT2D eigenvalue weighted by Gasteiger charge is 2.14. The number of rotatable bonds is 5. The van der Waals surface area contributed by atoms with E-state index >= 15 is 0 Å². The number of fused-ring (bicyclic) bond motifs is 1. The molecule has 0 spiro atoms. The van der Waals surface area contributed by atoms with Crippen LogP contribution in [-0.2, 0) is 4.79 Å². The van der Waals surface area contributed by atoms with Crippen LogP contribution < -0.4 is 10.7 Å². The molecule has 0 saturated heterocycles. The van der Waals surface area contributed by atoms with Gasteiger partial charge in [-0.2, -0.15) is 5.10 Å². The van der Waals surface area contributed by atoms with Crippen LogP contribution in [0.25, 0.3) is 10.2 Å². The Kier molecular flexibility index (Phi) is 5.08. The van der Waals surface area contributed by atoms with Gasteiger partial charge in [-0.25, -0.2) is 10.4 Å². The number of hydrogen-bond donors (Lipinski definition) is 2. The zero-order valence-corrected chi connectivity index (χ0v) is 14.4. The minimum Gasteiger partial charge on any atom is -0.350 e. The maximum Gasteiger partial charge on any atom is 0.262 e. The molecule has 0 fully saturated rings. The number of carbonyl (C=O) groups excluding carboxylic acids is 1. The third kappa shape index (κ3) is 4.10. The molecular weight excluding hydrogens is 344 g/mol. The summed E-state index contributed by atoms with van der Waals surface area (Å²) < 4.78 is 1.08. The van der Waals surface area contributed by atoms with Gasteiger partial charge in [0.1, 0.15) is 6.04 Å². The SMILES string of the molecule is C[C@@H](Nc1nc2ccccc2s1)C(=O)N/N=C\c1cccc(Cl)c1. The average Bonchev–Trinajstić information content (AvgIpc) is 2.97. The van der Waals surface area contributed by atoms with Crippen molar-refractivity contribution in [3.8, 4) is 0 Å². The lowest BCUT2D eigenvalue weighted by Crippen LogP contribution is -2.34. The van der Waals surface area contributed by atoms with E-state index in [0.29, 0.717) is 10.2 Å². The Balaban J connectivity index is 1.58. The van der Waals surface area contributed by atoms with Crippen LogP contribution in [0.4, 0.5) is 5.13 Å². The van der Waals surface area contributed by atoms with Gasteiger partial charge in [0.15, 0.2) is 5.13 Å². The number of hydrazone groups is 1. The summed E-state index contributed by atoms with van der Waals surface area (Å²) in [6.45, 7) is 1.76. The van der Waals surface area contributed by atoms with Gasteiger partial charge in [0.2, 0.25) is 0 Å². The first kappa shape index (κ1) is 16.4. The number of halogens is 1. The molecule has 24 heavy (non-hydrogen) atoms. The summed E-state index contributed by atoms with van der Waals surface area (Å²) in [6.07, 6.45) is 1.55. The van der Waals surface area contributed by atoms with Crippen molar-refractivity contribution in [3.05, 3.63) is 59.1 Å². The zero-order valence-electron chi connectivity index (χ0n) is 12.9. The fourth-order valence-electron chi connectivity index (χ4n) is 2.04. The highest BCUT2D eigenvalue weighted by atomic mass is 35.5. The Morgan fingerprint density at radius 1 is 1.29 bits per heavy atom. The predicted molar refractivity (Wildman–Crippen MR) is 99.9 cm³/mol. The topological polar surface area (TPSA) is 66.4 Å². The summed E-state index contributed by atoms with van der Waals surface area (Å²) in [7, 11) is 0. The van der Waals surface area contributed by atoms with E-state index in [9.17, 15) is 4.79 Å². The van der Waals surface area contributed by atoms with Crippen LogP contribution in [-0.4, -0.2) is 23.1 Å². The molecule has 0 radical (unpaired) electrons. The molecule has 1 atom stereocenters. The average molecular weight is 359 g/mol. The van der Waals surface area contributed by atoms with Crippen LogP contribution >= 0.6 is 22.9 Å². The standard InChI is InChI=1S/C17H15ClN4OS/c1-11(20-17-21-14-7-2-3-8-15(14)24-17)16(23)22-19-10-12-5-4-6-13(18)9-12/h2-11H,1H3,(H,20,21)(H,22,23)/b19-10-/t11-/m1/s1. The molecule has 3 rings (SSSR count). The number of hydrogen-bond acceptors (Lipinski definition) is 5. The first-order valence-corrected chi connectivity index (χ1v) is 8.52. The van der Waals surface area contributed by atoms with E-state index in [2.05, 4.69) is 20.8 Å². The van der Waals surface area contributed by atoms with Crippen molar-refractivity contribution in [1.82, 2.24) is 10.4 Å². The van der Waals surface area contributed by atoms with Crippen LogP contribution in [0.15, 0.2) is 53.6 Å². The molecule has 3 aromatic rings. The van der Waals surface area contributed by atoms with Crippen molar-refractivity contribution in [2.45, 2.75) is 13.0 Å². The molecule has 0 aliphatic carbocycles. The second kappa shape index (κ2) is 7.42. The van der Waals surface area contributed by atoms with Crippen LogP contribution in [0, 0.1) is 0 Å². The minimum absolute atomic E-state index is 0.243. The number of para-hydroxylation sites is 1. The summed E-state index contributed by atoms with van der Waals surface area (Å²) in [5.41, 5.74) is 4.23. The lowest BCUT2D eigenvalue weighted by molar-refractivity contribution is -0.121. The number of benzene rings is 2. The summed E-state index contributed by atoms with van der Waals surface area (Å²) in [5, 5.41) is 8.36. The second-order valence-corrected chi connectivity index (χ2v) is 6.61. The first-order chi connectivity index (χ1) is 11.6. The van der Waals surface area contributed by atoms with Crippen LogP contribution in [0.2, 0.25) is 5.02 Å². The predicted octanol–water partition coefficient (Wildman–Crippen LogP) is 3.90. The number of anilines is 1. The largest absolute Gasteiger partial charge is 0.350 e. The second-order valence-electron chi connectivity index (χ2n) is 5.14. The minimum atomic E-state index is -0.456. The van der Waals surface area contributed by atoms with E-state index in [4.69, 9.17) is 11.6 Å². The Morgan fingerprint density at radius 3 is 2.92 bits per heavy atom. The van der Waals surface area contributed by atoms with E-state index in [1.54, 1.807) is 25.3 Å². The first-order valence-electron chi connectivity index (χ1n) is 7.32. The van der Waals surface area contributed by atoms with Gasteiger partial charge < -0.3 is 5.32 Å². The van der Waals surface area contributed by atoms with E-state index in [0.717, 1.165) is 15.8 Å². The maximum atomic E-state index is 12.1. The molecule has 0 bridgehead atoms. The Morgan fingerprint density at radius 2 is 2.12 bits per heavy atom. The number of aromatic nitrogens is 1. The molecule has 2 aromatic carbocycles. The lowest BCUT2D eigenvalue weighted by atomic mass is 10.2. The van der Waals surface area contributed by atoms with Gasteiger partial charge in [-0.05, 0) is 36.8 Å². The van der Waals surface area contributed by atoms with Gasteiger partial charge >= 0.3 is 0 Å². The number of amides is 1. The Labute approximate surface area is 148 Å². The van der Waals surface area contributed by atoms with Gasteiger partial charge in [-0.3, -0.25) is 4.79 Å². The van der Waals surface area contributed by atoms with Crippen LogP contribution in [0.1, 0.15) is 12.5 Å². The smallest absolute Gasteiger partial charge is 0.262 e. The van der Waals surface area contributed by atoms with Crippen molar-refractivity contribution in [3.63, 3.8) is 0 Å². The van der Waals surface area contributed by atoms with Crippen molar-refractivity contribution in [2.24, 2.45) is 5.10 Å². The highest BCUT2D eigenvalue weighted by molar-refractivity contribution is 7.22. The number of nitrogens with zero attached hydrogens (tertiary/aromatic N) is 2. The number of thiazole rings is 1. The molecule has 122 valence electrons. The van der Waals surface area contributed by atoms with Gasteiger partial charge in [0.05, 0.1) is 16.4 Å². The van der Waals surface area contributed by atoms with E-state index in [1.165, 1.54) is 11.3 Å². The summed E-state index contributed by atoms with van der Waals surface area (Å²) in [6, 6.07) is 14.6. The van der Waals surface area contributed by atoms with Gasteiger partial charge in [-0.1, -0.05) is 47.2 Å². The van der Waals surface area contributed by atoms with E-state index in [-0.39, 0.29) is 5.91 Å².